The maximum absolute atomic E-state index is 12.3. The van der Waals surface area contributed by atoms with Crippen molar-refractivity contribution in [2.24, 2.45) is 0 Å². The molecule has 1 aromatic carbocycles. The predicted molar refractivity (Wildman–Crippen MR) is 82.3 cm³/mol. The average molecular weight is 371 g/mol. The predicted octanol–water partition coefficient (Wildman–Crippen LogP) is 2.71. The number of halogens is 3. The number of pyridine rings is 1. The number of fused-ring (bicyclic) bond motifs is 1. The van der Waals surface area contributed by atoms with Gasteiger partial charge in [-0.25, -0.2) is 17.7 Å². The van der Waals surface area contributed by atoms with E-state index in [1.165, 1.54) is 6.20 Å². The van der Waals surface area contributed by atoms with E-state index in [-0.39, 0.29) is 11.4 Å². The van der Waals surface area contributed by atoms with Gasteiger partial charge in [0.25, 0.3) is 0 Å². The minimum atomic E-state index is -4.83. The fraction of sp³-hybridized carbons (Fsp3) is 0.133. The van der Waals surface area contributed by atoms with Crippen LogP contribution >= 0.6 is 0 Å². The standard InChI is InChI=1S/C15H12F3N3O3S/c16-15(17,18)24-12-4-6-13(7-5-12)25(22,23)20-10-11-9-19-21-8-2-1-3-14(11)21/h1-9,20H,10H2. The van der Waals surface area contributed by atoms with Crippen LogP contribution in [0.5, 0.6) is 5.75 Å². The molecule has 25 heavy (non-hydrogen) atoms. The third kappa shape index (κ3) is 4.09. The van der Waals surface area contributed by atoms with E-state index in [1.807, 2.05) is 0 Å². The largest absolute Gasteiger partial charge is 0.573 e. The zero-order chi connectivity index (χ0) is 18.1. The van der Waals surface area contributed by atoms with E-state index >= 15 is 0 Å². The summed E-state index contributed by atoms with van der Waals surface area (Å²) in [6.45, 7) is -0.00332. The highest BCUT2D eigenvalue weighted by atomic mass is 32.2. The second kappa shape index (κ2) is 6.37. The Bertz CT molecular complexity index is 982. The molecule has 0 bridgehead atoms. The molecular formula is C15H12F3N3O3S. The Balaban J connectivity index is 1.73. The maximum atomic E-state index is 12.3. The van der Waals surface area contributed by atoms with E-state index < -0.39 is 22.1 Å². The molecule has 0 aliphatic rings. The summed E-state index contributed by atoms with van der Waals surface area (Å²) >= 11 is 0. The normalized spacial score (nSPS) is 12.4. The molecule has 0 saturated carbocycles. The number of nitrogens with one attached hydrogen (secondary N) is 1. The van der Waals surface area contributed by atoms with E-state index in [2.05, 4.69) is 14.6 Å². The zero-order valence-electron chi connectivity index (χ0n) is 12.6. The SMILES string of the molecule is O=S(=O)(NCc1cnn2ccccc12)c1ccc(OC(F)(F)F)cc1. The van der Waals surface area contributed by atoms with Crippen molar-refractivity contribution in [1.82, 2.24) is 14.3 Å². The Hall–Kier alpha value is -2.59. The lowest BCUT2D eigenvalue weighted by molar-refractivity contribution is -0.274. The van der Waals surface area contributed by atoms with Crippen molar-refractivity contribution >= 4 is 15.5 Å². The Morgan fingerprint density at radius 3 is 2.52 bits per heavy atom. The number of ether oxygens (including phenoxy) is 1. The molecule has 0 atom stereocenters. The maximum Gasteiger partial charge on any atom is 0.573 e. The number of benzene rings is 1. The first-order valence-electron chi connectivity index (χ1n) is 7.01. The van der Waals surface area contributed by atoms with Gasteiger partial charge in [0, 0.05) is 18.3 Å². The van der Waals surface area contributed by atoms with Crippen molar-refractivity contribution < 1.29 is 26.3 Å². The molecular weight excluding hydrogens is 359 g/mol. The molecule has 2 heterocycles. The van der Waals surface area contributed by atoms with Gasteiger partial charge in [0.15, 0.2) is 0 Å². The van der Waals surface area contributed by atoms with Gasteiger partial charge in [0.05, 0.1) is 16.6 Å². The van der Waals surface area contributed by atoms with Crippen LogP contribution in [0, 0.1) is 0 Å². The second-order valence-electron chi connectivity index (χ2n) is 5.04. The summed E-state index contributed by atoms with van der Waals surface area (Å²) in [5.41, 5.74) is 1.42. The lowest BCUT2D eigenvalue weighted by Crippen LogP contribution is -2.23. The summed E-state index contributed by atoms with van der Waals surface area (Å²) in [5, 5.41) is 4.10. The van der Waals surface area contributed by atoms with E-state index in [0.29, 0.717) is 5.56 Å². The summed E-state index contributed by atoms with van der Waals surface area (Å²) < 4.78 is 68.6. The number of hydrogen-bond donors (Lipinski definition) is 1. The lowest BCUT2D eigenvalue weighted by atomic mass is 10.3. The molecule has 6 nitrogen and oxygen atoms in total. The number of sulfonamides is 1. The smallest absolute Gasteiger partial charge is 0.406 e. The van der Waals surface area contributed by atoms with Crippen LogP contribution < -0.4 is 9.46 Å². The van der Waals surface area contributed by atoms with Crippen LogP contribution in [0.3, 0.4) is 0 Å². The summed E-state index contributed by atoms with van der Waals surface area (Å²) in [5.74, 6) is -0.492. The number of aromatic nitrogens is 2. The molecule has 0 fully saturated rings. The molecule has 0 radical (unpaired) electrons. The number of hydrogen-bond acceptors (Lipinski definition) is 4. The van der Waals surface area contributed by atoms with E-state index in [9.17, 15) is 21.6 Å². The van der Waals surface area contributed by atoms with Gasteiger partial charge in [-0.05, 0) is 36.4 Å². The summed E-state index contributed by atoms with van der Waals surface area (Å²) in [7, 11) is -3.89. The summed E-state index contributed by atoms with van der Waals surface area (Å²) in [4.78, 5) is -0.168. The van der Waals surface area contributed by atoms with Crippen molar-refractivity contribution in [3.8, 4) is 5.75 Å². The third-order valence-electron chi connectivity index (χ3n) is 3.33. The zero-order valence-corrected chi connectivity index (χ0v) is 13.4. The Morgan fingerprint density at radius 2 is 1.84 bits per heavy atom. The van der Waals surface area contributed by atoms with Gasteiger partial charge < -0.3 is 4.74 Å². The van der Waals surface area contributed by atoms with Gasteiger partial charge in [-0.2, -0.15) is 5.10 Å². The first kappa shape index (κ1) is 17.2. The van der Waals surface area contributed by atoms with E-state index in [0.717, 1.165) is 29.8 Å². The Morgan fingerprint density at radius 1 is 1.12 bits per heavy atom. The minimum Gasteiger partial charge on any atom is -0.406 e. The van der Waals surface area contributed by atoms with Crippen LogP contribution in [-0.4, -0.2) is 24.4 Å². The van der Waals surface area contributed by atoms with Crippen LogP contribution in [0.1, 0.15) is 5.56 Å². The van der Waals surface area contributed by atoms with E-state index in [1.54, 1.807) is 28.9 Å². The van der Waals surface area contributed by atoms with Crippen LogP contribution in [0.25, 0.3) is 5.52 Å². The molecule has 0 unspecified atom stereocenters. The first-order valence-corrected chi connectivity index (χ1v) is 8.50. The Kier molecular flexibility index (Phi) is 4.39. The molecule has 0 aliphatic carbocycles. The van der Waals surface area contributed by atoms with Gasteiger partial charge in [0.1, 0.15) is 5.75 Å². The van der Waals surface area contributed by atoms with Gasteiger partial charge in [-0.15, -0.1) is 13.2 Å². The Labute approximate surface area is 140 Å². The molecule has 1 N–H and O–H groups in total. The average Bonchev–Trinajstić information content (AvgIpc) is 2.95. The minimum absolute atomic E-state index is 0.00332. The second-order valence-corrected chi connectivity index (χ2v) is 6.81. The molecule has 0 amide bonds. The van der Waals surface area contributed by atoms with E-state index in [4.69, 9.17) is 0 Å². The molecule has 10 heteroatoms. The van der Waals surface area contributed by atoms with Crippen LogP contribution in [0.4, 0.5) is 13.2 Å². The highest BCUT2D eigenvalue weighted by Gasteiger charge is 2.31. The van der Waals surface area contributed by atoms with Gasteiger partial charge in [-0.1, -0.05) is 6.07 Å². The molecule has 132 valence electrons. The topological polar surface area (TPSA) is 72.7 Å². The number of nitrogens with zero attached hydrogens (tertiary/aromatic N) is 2. The van der Waals surface area contributed by atoms with Crippen LogP contribution in [-0.2, 0) is 16.6 Å². The quantitative estimate of drug-likeness (QED) is 0.749. The monoisotopic (exact) mass is 371 g/mol. The molecule has 0 saturated heterocycles. The highest BCUT2D eigenvalue weighted by Crippen LogP contribution is 2.24. The van der Waals surface area contributed by atoms with Crippen molar-refractivity contribution in [2.75, 3.05) is 0 Å². The summed E-state index contributed by atoms with van der Waals surface area (Å²) in [6, 6.07) is 9.35. The number of alkyl halides is 3. The third-order valence-corrected chi connectivity index (χ3v) is 4.74. The molecule has 3 aromatic rings. The highest BCUT2D eigenvalue weighted by molar-refractivity contribution is 7.89. The van der Waals surface area contributed by atoms with Crippen molar-refractivity contribution in [1.29, 1.82) is 0 Å². The van der Waals surface area contributed by atoms with Crippen molar-refractivity contribution in [2.45, 2.75) is 17.8 Å². The lowest BCUT2D eigenvalue weighted by Gasteiger charge is -2.10. The molecule has 2 aromatic heterocycles. The van der Waals surface area contributed by atoms with Crippen molar-refractivity contribution in [3.05, 3.63) is 60.4 Å². The van der Waals surface area contributed by atoms with Gasteiger partial charge in [-0.3, -0.25) is 0 Å². The van der Waals surface area contributed by atoms with Crippen LogP contribution in [0.2, 0.25) is 0 Å². The number of rotatable bonds is 5. The molecule has 0 spiro atoms. The van der Waals surface area contributed by atoms with Gasteiger partial charge in [0.2, 0.25) is 10.0 Å². The van der Waals surface area contributed by atoms with Gasteiger partial charge >= 0.3 is 6.36 Å². The fourth-order valence-electron chi connectivity index (χ4n) is 2.20. The first-order chi connectivity index (χ1) is 11.7. The fourth-order valence-corrected chi connectivity index (χ4v) is 3.21. The van der Waals surface area contributed by atoms with Crippen LogP contribution in [0.15, 0.2) is 59.8 Å². The molecule has 3 rings (SSSR count). The summed E-state index contributed by atoms with van der Waals surface area (Å²) in [6.07, 6.45) is -1.56. The molecule has 0 aliphatic heterocycles. The van der Waals surface area contributed by atoms with Crippen molar-refractivity contribution in [3.63, 3.8) is 0 Å².